The molecular formula is C14H10Cl2. The van der Waals surface area contributed by atoms with Gasteiger partial charge in [-0.1, -0.05) is 65.7 Å². The predicted molar refractivity (Wildman–Crippen MR) is 71.8 cm³/mol. The Morgan fingerprint density at radius 1 is 0.812 bits per heavy atom. The third-order valence-corrected chi connectivity index (χ3v) is 2.79. The summed E-state index contributed by atoms with van der Waals surface area (Å²) in [6.07, 6.45) is 3.97. The van der Waals surface area contributed by atoms with E-state index in [1.807, 2.05) is 60.7 Å². The van der Waals surface area contributed by atoms with Gasteiger partial charge in [0.15, 0.2) is 0 Å². The van der Waals surface area contributed by atoms with Crippen molar-refractivity contribution < 1.29 is 0 Å². The van der Waals surface area contributed by atoms with Gasteiger partial charge in [-0.3, -0.25) is 0 Å². The van der Waals surface area contributed by atoms with E-state index in [0.717, 1.165) is 21.2 Å². The molecule has 0 nitrogen and oxygen atoms in total. The predicted octanol–water partition coefficient (Wildman–Crippen LogP) is 5.16. The van der Waals surface area contributed by atoms with E-state index in [-0.39, 0.29) is 0 Å². The maximum atomic E-state index is 6.04. The van der Waals surface area contributed by atoms with Crippen molar-refractivity contribution in [3.63, 3.8) is 0 Å². The van der Waals surface area contributed by atoms with Crippen LogP contribution in [-0.2, 0) is 0 Å². The van der Waals surface area contributed by atoms with Crippen molar-refractivity contribution in [1.82, 2.24) is 0 Å². The molecule has 80 valence electrons. The first-order chi connectivity index (χ1) is 7.75. The van der Waals surface area contributed by atoms with E-state index < -0.39 is 0 Å². The molecule has 0 unspecified atom stereocenters. The molecule has 2 rings (SSSR count). The fraction of sp³-hybridized carbons (Fsp3) is 0. The SMILES string of the molecule is Clc1cccc(/C=C\c2ccccc2Cl)c1. The molecule has 0 aromatic heterocycles. The van der Waals surface area contributed by atoms with Crippen LogP contribution in [-0.4, -0.2) is 0 Å². The maximum absolute atomic E-state index is 6.04. The van der Waals surface area contributed by atoms with Gasteiger partial charge in [-0.05, 0) is 29.3 Å². The second-order valence-corrected chi connectivity index (χ2v) is 4.25. The lowest BCUT2D eigenvalue weighted by molar-refractivity contribution is 1.64. The Hall–Kier alpha value is -1.24. The quantitative estimate of drug-likeness (QED) is 0.644. The van der Waals surface area contributed by atoms with Gasteiger partial charge < -0.3 is 0 Å². The van der Waals surface area contributed by atoms with E-state index in [1.165, 1.54) is 0 Å². The van der Waals surface area contributed by atoms with E-state index in [4.69, 9.17) is 23.2 Å². The van der Waals surface area contributed by atoms with Crippen molar-refractivity contribution in [2.75, 3.05) is 0 Å². The van der Waals surface area contributed by atoms with E-state index in [0.29, 0.717) is 0 Å². The highest BCUT2D eigenvalue weighted by atomic mass is 35.5. The first-order valence-corrected chi connectivity index (χ1v) is 5.69. The summed E-state index contributed by atoms with van der Waals surface area (Å²) in [6, 6.07) is 15.4. The number of hydrogen-bond acceptors (Lipinski definition) is 0. The van der Waals surface area contributed by atoms with Gasteiger partial charge in [0.05, 0.1) is 0 Å². The summed E-state index contributed by atoms with van der Waals surface area (Å²) in [5.74, 6) is 0. The summed E-state index contributed by atoms with van der Waals surface area (Å²) in [5, 5.41) is 1.49. The first kappa shape index (κ1) is 11.3. The van der Waals surface area contributed by atoms with Crippen LogP contribution in [0.3, 0.4) is 0 Å². The molecule has 16 heavy (non-hydrogen) atoms. The van der Waals surface area contributed by atoms with Gasteiger partial charge in [0.25, 0.3) is 0 Å². The molecule has 0 spiro atoms. The Kier molecular flexibility index (Phi) is 3.66. The van der Waals surface area contributed by atoms with E-state index in [9.17, 15) is 0 Å². The van der Waals surface area contributed by atoms with Crippen LogP contribution in [0.5, 0.6) is 0 Å². The Bertz CT molecular complexity index is 516. The largest absolute Gasteiger partial charge is 0.0843 e. The van der Waals surface area contributed by atoms with E-state index in [2.05, 4.69) is 0 Å². The first-order valence-electron chi connectivity index (χ1n) is 4.94. The molecule has 0 amide bonds. The lowest BCUT2D eigenvalue weighted by atomic mass is 10.1. The van der Waals surface area contributed by atoms with Gasteiger partial charge in [0.1, 0.15) is 0 Å². The van der Waals surface area contributed by atoms with Crippen molar-refractivity contribution >= 4 is 35.4 Å². The van der Waals surface area contributed by atoms with Crippen LogP contribution in [0.1, 0.15) is 11.1 Å². The van der Waals surface area contributed by atoms with Gasteiger partial charge >= 0.3 is 0 Å². The molecule has 2 aromatic carbocycles. The highest BCUT2D eigenvalue weighted by Gasteiger charge is 1.93. The van der Waals surface area contributed by atoms with Crippen molar-refractivity contribution in [2.45, 2.75) is 0 Å². The van der Waals surface area contributed by atoms with Crippen LogP contribution in [0.4, 0.5) is 0 Å². The zero-order valence-corrected chi connectivity index (χ0v) is 10.0. The minimum Gasteiger partial charge on any atom is -0.0843 e. The van der Waals surface area contributed by atoms with Crippen molar-refractivity contribution in [3.8, 4) is 0 Å². The number of hydrogen-bond donors (Lipinski definition) is 0. The molecule has 0 bridgehead atoms. The summed E-state index contributed by atoms with van der Waals surface area (Å²) in [4.78, 5) is 0. The van der Waals surface area contributed by atoms with Gasteiger partial charge in [-0.25, -0.2) is 0 Å². The Labute approximate surface area is 105 Å². The Morgan fingerprint density at radius 2 is 1.62 bits per heavy atom. The van der Waals surface area contributed by atoms with Crippen LogP contribution in [0.15, 0.2) is 48.5 Å². The van der Waals surface area contributed by atoms with E-state index >= 15 is 0 Å². The molecule has 0 atom stereocenters. The third-order valence-electron chi connectivity index (χ3n) is 2.21. The molecule has 0 aliphatic carbocycles. The van der Waals surface area contributed by atoms with Crippen LogP contribution < -0.4 is 0 Å². The fourth-order valence-electron chi connectivity index (χ4n) is 1.41. The third kappa shape index (κ3) is 2.88. The molecule has 0 radical (unpaired) electrons. The summed E-state index contributed by atoms with van der Waals surface area (Å²) in [5.41, 5.74) is 2.07. The highest BCUT2D eigenvalue weighted by Crippen LogP contribution is 2.18. The minimum absolute atomic E-state index is 0.737. The topological polar surface area (TPSA) is 0 Å². The second-order valence-electron chi connectivity index (χ2n) is 3.41. The van der Waals surface area contributed by atoms with E-state index in [1.54, 1.807) is 0 Å². The number of halogens is 2. The minimum atomic E-state index is 0.737. The summed E-state index contributed by atoms with van der Waals surface area (Å²) in [6.45, 7) is 0. The van der Waals surface area contributed by atoms with Gasteiger partial charge in [-0.15, -0.1) is 0 Å². The molecule has 0 aliphatic rings. The van der Waals surface area contributed by atoms with Gasteiger partial charge in [-0.2, -0.15) is 0 Å². The molecule has 0 N–H and O–H groups in total. The summed E-state index contributed by atoms with van der Waals surface area (Å²) in [7, 11) is 0. The van der Waals surface area contributed by atoms with Crippen LogP contribution >= 0.6 is 23.2 Å². The second kappa shape index (κ2) is 5.20. The van der Waals surface area contributed by atoms with Gasteiger partial charge in [0, 0.05) is 10.0 Å². The highest BCUT2D eigenvalue weighted by molar-refractivity contribution is 6.32. The lowest BCUT2D eigenvalue weighted by Gasteiger charge is -1.97. The Balaban J connectivity index is 2.25. The lowest BCUT2D eigenvalue weighted by Crippen LogP contribution is -1.74. The van der Waals surface area contributed by atoms with Crippen LogP contribution in [0.2, 0.25) is 10.0 Å². The molecule has 0 saturated carbocycles. The molecular weight excluding hydrogens is 239 g/mol. The monoisotopic (exact) mass is 248 g/mol. The molecule has 2 heteroatoms. The van der Waals surface area contributed by atoms with Crippen LogP contribution in [0.25, 0.3) is 12.2 Å². The molecule has 0 saturated heterocycles. The zero-order chi connectivity index (χ0) is 11.4. The molecule has 0 fully saturated rings. The molecule has 0 aliphatic heterocycles. The van der Waals surface area contributed by atoms with Crippen molar-refractivity contribution in [1.29, 1.82) is 0 Å². The fourth-order valence-corrected chi connectivity index (χ4v) is 1.80. The maximum Gasteiger partial charge on any atom is 0.0478 e. The summed E-state index contributed by atoms with van der Waals surface area (Å²) < 4.78 is 0. The number of benzene rings is 2. The Morgan fingerprint density at radius 3 is 2.38 bits per heavy atom. The van der Waals surface area contributed by atoms with Crippen molar-refractivity contribution in [3.05, 3.63) is 69.7 Å². The van der Waals surface area contributed by atoms with Crippen molar-refractivity contribution in [2.24, 2.45) is 0 Å². The zero-order valence-electron chi connectivity index (χ0n) is 8.53. The normalized spacial score (nSPS) is 10.9. The standard InChI is InChI=1S/C14H10Cl2/c15-13-6-3-4-11(10-13)8-9-12-5-1-2-7-14(12)16/h1-10H/b9-8-. The smallest absolute Gasteiger partial charge is 0.0478 e. The average Bonchev–Trinajstić information content (AvgIpc) is 2.28. The average molecular weight is 249 g/mol. The van der Waals surface area contributed by atoms with Crippen LogP contribution in [0, 0.1) is 0 Å². The number of rotatable bonds is 2. The molecule has 0 heterocycles. The summed E-state index contributed by atoms with van der Waals surface area (Å²) >= 11 is 11.9. The molecule has 2 aromatic rings. The van der Waals surface area contributed by atoms with Gasteiger partial charge in [0.2, 0.25) is 0 Å².